The Morgan fingerprint density at radius 2 is 1.90 bits per heavy atom. The molecule has 0 radical (unpaired) electrons. The molecule has 0 amide bonds. The number of ether oxygens (including phenoxy) is 1. The van der Waals surface area contributed by atoms with E-state index in [-0.39, 0.29) is 23.6 Å². The summed E-state index contributed by atoms with van der Waals surface area (Å²) in [5.41, 5.74) is 7.24. The number of aromatic nitrogens is 2. The molecule has 1 fully saturated rings. The number of nitrogens with two attached hydrogens (primary N) is 1. The number of ketones is 1. The van der Waals surface area contributed by atoms with E-state index in [1.807, 2.05) is 6.92 Å². The maximum absolute atomic E-state index is 12.6. The second-order valence-corrected chi connectivity index (χ2v) is 8.74. The Bertz CT molecular complexity index is 966. The van der Waals surface area contributed by atoms with E-state index < -0.39 is 5.97 Å². The van der Waals surface area contributed by atoms with Gasteiger partial charge in [0.15, 0.2) is 10.9 Å². The van der Waals surface area contributed by atoms with Crippen molar-refractivity contribution in [2.75, 3.05) is 12.3 Å². The molecule has 2 aromatic rings. The van der Waals surface area contributed by atoms with Crippen LogP contribution in [0.15, 0.2) is 34.2 Å². The van der Waals surface area contributed by atoms with E-state index in [2.05, 4.69) is 4.98 Å². The molecule has 166 valence electrons. The number of rotatable bonds is 9. The number of thioether (sulfide) groups is 1. The van der Waals surface area contributed by atoms with Crippen LogP contribution in [0, 0.1) is 5.92 Å². The first-order valence-electron chi connectivity index (χ1n) is 10.8. The number of benzene rings is 1. The number of aromatic amines is 1. The van der Waals surface area contributed by atoms with Crippen LogP contribution in [-0.2, 0) is 17.6 Å². The Labute approximate surface area is 186 Å². The molecule has 0 atom stereocenters. The fourth-order valence-electron chi connectivity index (χ4n) is 3.89. The summed E-state index contributed by atoms with van der Waals surface area (Å²) in [6, 6.07) is 6.33. The SMILES string of the molecule is CCc1c(CC2CCCCC2)nc(SCC(=O)c2ccc(OC(=O)CN)cc2)[nH]c1=O. The average molecular weight is 444 g/mol. The fraction of sp³-hybridized carbons (Fsp3) is 0.478. The molecule has 0 saturated heterocycles. The number of hydrogen-bond donors (Lipinski definition) is 2. The summed E-state index contributed by atoms with van der Waals surface area (Å²) >= 11 is 1.23. The lowest BCUT2D eigenvalue weighted by Gasteiger charge is -2.22. The van der Waals surface area contributed by atoms with Gasteiger partial charge in [0.05, 0.1) is 18.0 Å². The summed E-state index contributed by atoms with van der Waals surface area (Å²) in [5, 5.41) is 0.481. The highest BCUT2D eigenvalue weighted by Crippen LogP contribution is 2.27. The van der Waals surface area contributed by atoms with E-state index in [0.29, 0.717) is 28.8 Å². The van der Waals surface area contributed by atoms with Gasteiger partial charge in [0.2, 0.25) is 0 Å². The van der Waals surface area contributed by atoms with E-state index in [1.54, 1.807) is 24.3 Å². The van der Waals surface area contributed by atoms with Crippen LogP contribution in [-0.4, -0.2) is 34.0 Å². The molecular weight excluding hydrogens is 414 g/mol. The Hall–Kier alpha value is -2.45. The van der Waals surface area contributed by atoms with E-state index >= 15 is 0 Å². The number of carbonyl (C=O) groups is 2. The zero-order valence-electron chi connectivity index (χ0n) is 17.8. The van der Waals surface area contributed by atoms with Crippen molar-refractivity contribution in [2.45, 2.75) is 57.0 Å². The summed E-state index contributed by atoms with van der Waals surface area (Å²) in [5.74, 6) is 0.439. The molecule has 1 aliphatic rings. The van der Waals surface area contributed by atoms with E-state index in [0.717, 1.165) is 17.7 Å². The van der Waals surface area contributed by atoms with Gasteiger partial charge in [0, 0.05) is 11.1 Å². The van der Waals surface area contributed by atoms with Gasteiger partial charge < -0.3 is 15.5 Å². The predicted molar refractivity (Wildman–Crippen MR) is 121 cm³/mol. The van der Waals surface area contributed by atoms with Crippen molar-refractivity contribution >= 4 is 23.5 Å². The van der Waals surface area contributed by atoms with Crippen LogP contribution >= 0.6 is 11.8 Å². The summed E-state index contributed by atoms with van der Waals surface area (Å²) in [7, 11) is 0. The molecule has 1 aromatic carbocycles. The monoisotopic (exact) mass is 443 g/mol. The third-order valence-corrected chi connectivity index (χ3v) is 6.43. The van der Waals surface area contributed by atoms with Crippen molar-refractivity contribution in [3.05, 3.63) is 51.4 Å². The lowest BCUT2D eigenvalue weighted by molar-refractivity contribution is -0.132. The van der Waals surface area contributed by atoms with Crippen molar-refractivity contribution in [2.24, 2.45) is 11.7 Å². The smallest absolute Gasteiger partial charge is 0.325 e. The molecule has 0 unspecified atom stereocenters. The van der Waals surface area contributed by atoms with E-state index in [4.69, 9.17) is 15.5 Å². The molecule has 7 nitrogen and oxygen atoms in total. The summed E-state index contributed by atoms with van der Waals surface area (Å²) in [6.45, 7) is 1.77. The second kappa shape index (κ2) is 11.2. The van der Waals surface area contributed by atoms with Crippen LogP contribution in [0.2, 0.25) is 0 Å². The normalized spacial score (nSPS) is 14.4. The lowest BCUT2D eigenvalue weighted by Crippen LogP contribution is -2.21. The Morgan fingerprint density at radius 1 is 1.19 bits per heavy atom. The zero-order valence-corrected chi connectivity index (χ0v) is 18.6. The first kappa shape index (κ1) is 23.2. The van der Waals surface area contributed by atoms with E-state index in [9.17, 15) is 14.4 Å². The van der Waals surface area contributed by atoms with Crippen LogP contribution in [0.1, 0.15) is 60.6 Å². The van der Waals surface area contributed by atoms with Crippen LogP contribution < -0.4 is 16.0 Å². The maximum Gasteiger partial charge on any atom is 0.325 e. The van der Waals surface area contributed by atoms with Gasteiger partial charge in [0.25, 0.3) is 5.56 Å². The molecule has 1 aromatic heterocycles. The number of nitrogens with one attached hydrogen (secondary N) is 1. The minimum Gasteiger partial charge on any atom is -0.426 e. The number of hydrogen-bond acceptors (Lipinski definition) is 7. The summed E-state index contributed by atoms with van der Waals surface area (Å²) in [4.78, 5) is 43.9. The second-order valence-electron chi connectivity index (χ2n) is 7.77. The van der Waals surface area contributed by atoms with Gasteiger partial charge in [-0.3, -0.25) is 14.4 Å². The van der Waals surface area contributed by atoms with E-state index in [1.165, 1.54) is 43.9 Å². The molecular formula is C23H29N3O4S. The van der Waals surface area contributed by atoms with Crippen LogP contribution in [0.4, 0.5) is 0 Å². The van der Waals surface area contributed by atoms with Gasteiger partial charge in [-0.15, -0.1) is 0 Å². The van der Waals surface area contributed by atoms with Crippen molar-refractivity contribution in [3.63, 3.8) is 0 Å². The third-order valence-electron chi connectivity index (χ3n) is 5.55. The van der Waals surface area contributed by atoms with Gasteiger partial charge in [-0.25, -0.2) is 4.98 Å². The van der Waals surface area contributed by atoms with Gasteiger partial charge in [0.1, 0.15) is 5.75 Å². The first-order chi connectivity index (χ1) is 15.0. The zero-order chi connectivity index (χ0) is 22.2. The molecule has 8 heteroatoms. The van der Waals surface area contributed by atoms with Gasteiger partial charge in [-0.2, -0.15) is 0 Å². The molecule has 1 aliphatic carbocycles. The number of esters is 1. The standard InChI is InChI=1S/C23H29N3O4S/c1-2-18-19(12-15-6-4-3-5-7-15)25-23(26-22(18)29)31-14-20(27)16-8-10-17(11-9-16)30-21(28)13-24/h8-11,15H,2-7,12-14,24H2,1H3,(H,25,26,29). The summed E-state index contributed by atoms with van der Waals surface area (Å²) in [6.07, 6.45) is 7.64. The Morgan fingerprint density at radius 3 is 2.55 bits per heavy atom. The topological polar surface area (TPSA) is 115 Å². The minimum absolute atomic E-state index is 0.0993. The van der Waals surface area contributed by atoms with Gasteiger partial charge >= 0.3 is 5.97 Å². The van der Waals surface area contributed by atoms with Crippen molar-refractivity contribution in [1.29, 1.82) is 0 Å². The van der Waals surface area contributed by atoms with Crippen molar-refractivity contribution in [3.8, 4) is 5.75 Å². The highest BCUT2D eigenvalue weighted by molar-refractivity contribution is 7.99. The van der Waals surface area contributed by atoms with Crippen molar-refractivity contribution in [1.82, 2.24) is 9.97 Å². The Balaban J connectivity index is 1.65. The number of Topliss-reactive ketones (excluding diaryl/α,β-unsaturated/α-hetero) is 1. The lowest BCUT2D eigenvalue weighted by atomic mass is 9.85. The Kier molecular flexibility index (Phi) is 8.43. The number of H-pyrrole nitrogens is 1. The minimum atomic E-state index is -0.538. The molecule has 3 N–H and O–H groups in total. The highest BCUT2D eigenvalue weighted by Gasteiger charge is 2.19. The molecule has 0 bridgehead atoms. The number of nitrogens with zero attached hydrogens (tertiary/aromatic N) is 1. The molecule has 31 heavy (non-hydrogen) atoms. The van der Waals surface area contributed by atoms with Crippen LogP contribution in [0.25, 0.3) is 0 Å². The van der Waals surface area contributed by atoms with Crippen LogP contribution in [0.3, 0.4) is 0 Å². The third kappa shape index (κ3) is 6.51. The molecule has 3 rings (SSSR count). The quantitative estimate of drug-likeness (QED) is 0.201. The fourth-order valence-corrected chi connectivity index (χ4v) is 4.66. The maximum atomic E-state index is 12.6. The number of carbonyl (C=O) groups excluding carboxylic acids is 2. The average Bonchev–Trinajstić information content (AvgIpc) is 2.78. The largest absolute Gasteiger partial charge is 0.426 e. The molecule has 1 heterocycles. The molecule has 0 aliphatic heterocycles. The van der Waals surface area contributed by atoms with Crippen LogP contribution in [0.5, 0.6) is 5.75 Å². The van der Waals surface area contributed by atoms with Gasteiger partial charge in [-0.1, -0.05) is 50.8 Å². The molecule has 1 saturated carbocycles. The first-order valence-corrected chi connectivity index (χ1v) is 11.8. The molecule has 0 spiro atoms. The van der Waals surface area contributed by atoms with Crippen molar-refractivity contribution < 1.29 is 14.3 Å². The predicted octanol–water partition coefficient (Wildman–Crippen LogP) is 3.29. The summed E-state index contributed by atoms with van der Waals surface area (Å²) < 4.78 is 5.01. The highest BCUT2D eigenvalue weighted by atomic mass is 32.2. The van der Waals surface area contributed by atoms with Gasteiger partial charge in [-0.05, 0) is 43.0 Å².